The summed E-state index contributed by atoms with van der Waals surface area (Å²) in [6, 6.07) is 19.9. The van der Waals surface area contributed by atoms with Gasteiger partial charge in [-0.2, -0.15) is 10.5 Å². The highest BCUT2D eigenvalue weighted by atomic mass is 15.5. The fourth-order valence-electron chi connectivity index (χ4n) is 2.67. The second-order valence-corrected chi connectivity index (χ2v) is 5.89. The zero-order valence-corrected chi connectivity index (χ0v) is 14.7. The molecule has 0 aliphatic heterocycles. The van der Waals surface area contributed by atoms with Crippen LogP contribution in [0.1, 0.15) is 11.4 Å². The van der Waals surface area contributed by atoms with Crippen LogP contribution in [0, 0.1) is 11.3 Å². The molecule has 2 aromatic carbocycles. The van der Waals surface area contributed by atoms with Crippen molar-refractivity contribution in [3.05, 3.63) is 78.5 Å². The predicted molar refractivity (Wildman–Crippen MR) is 102 cm³/mol. The number of nitrogens with zero attached hydrogens (tertiary/aromatic N) is 7. The van der Waals surface area contributed by atoms with Gasteiger partial charge in [-0.3, -0.25) is 0 Å². The Morgan fingerprint density at radius 1 is 1.11 bits per heavy atom. The van der Waals surface area contributed by atoms with E-state index in [1.54, 1.807) is 6.33 Å². The van der Waals surface area contributed by atoms with Crippen LogP contribution in [0.2, 0.25) is 0 Å². The van der Waals surface area contributed by atoms with Crippen molar-refractivity contribution in [3.8, 4) is 17.5 Å². The topological polar surface area (TPSA) is 121 Å². The van der Waals surface area contributed by atoms with Crippen LogP contribution >= 0.6 is 0 Å². The number of benzene rings is 2. The minimum absolute atomic E-state index is 0.237. The summed E-state index contributed by atoms with van der Waals surface area (Å²) in [6.07, 6.45) is 3.26. The van der Waals surface area contributed by atoms with Crippen molar-refractivity contribution in [2.45, 2.75) is 6.54 Å². The molecule has 9 heteroatoms. The lowest BCUT2D eigenvalue weighted by Gasteiger charge is -2.08. The molecule has 0 saturated carbocycles. The summed E-state index contributed by atoms with van der Waals surface area (Å²) in [4.78, 5) is 0. The molecule has 0 radical (unpaired) electrons. The second-order valence-electron chi connectivity index (χ2n) is 5.89. The van der Waals surface area contributed by atoms with Gasteiger partial charge in [0.25, 0.3) is 0 Å². The molecule has 0 bridgehead atoms. The van der Waals surface area contributed by atoms with Gasteiger partial charge in [-0.25, -0.2) is 0 Å². The Labute approximate surface area is 160 Å². The SMILES string of the molecule is N#CC(=CNc1ccc(-c2nncn2Cc2ccccc2)cc1)c1nn[nH]n1. The van der Waals surface area contributed by atoms with Crippen LogP contribution < -0.4 is 5.32 Å². The van der Waals surface area contributed by atoms with Crippen molar-refractivity contribution < 1.29 is 0 Å². The maximum Gasteiger partial charge on any atom is 0.216 e. The van der Waals surface area contributed by atoms with Crippen molar-refractivity contribution in [3.63, 3.8) is 0 Å². The number of hydrogen-bond donors (Lipinski definition) is 2. The molecule has 0 fully saturated rings. The van der Waals surface area contributed by atoms with E-state index in [4.69, 9.17) is 0 Å². The van der Waals surface area contributed by atoms with Gasteiger partial charge in [0.15, 0.2) is 5.82 Å². The number of nitrogens with one attached hydrogen (secondary N) is 2. The van der Waals surface area contributed by atoms with E-state index < -0.39 is 0 Å². The molecule has 0 amide bonds. The third-order valence-corrected chi connectivity index (χ3v) is 4.04. The first-order valence-electron chi connectivity index (χ1n) is 8.46. The molecule has 0 spiro atoms. The molecule has 2 N–H and O–H groups in total. The fourth-order valence-corrected chi connectivity index (χ4v) is 2.67. The van der Waals surface area contributed by atoms with Crippen molar-refractivity contribution in [1.29, 1.82) is 5.26 Å². The Balaban J connectivity index is 1.50. The summed E-state index contributed by atoms with van der Waals surface area (Å²) in [5.41, 5.74) is 3.22. The van der Waals surface area contributed by atoms with E-state index in [1.165, 1.54) is 11.8 Å². The molecule has 0 aliphatic carbocycles. The molecule has 2 aromatic heterocycles. The van der Waals surface area contributed by atoms with Crippen LogP contribution in [0.5, 0.6) is 0 Å². The molecule has 4 aromatic rings. The smallest absolute Gasteiger partial charge is 0.216 e. The second kappa shape index (κ2) is 7.92. The summed E-state index contributed by atoms with van der Waals surface area (Å²) in [7, 11) is 0. The first-order chi connectivity index (χ1) is 13.8. The van der Waals surface area contributed by atoms with Gasteiger partial charge in [0.1, 0.15) is 18.0 Å². The average Bonchev–Trinajstić information content (AvgIpc) is 3.42. The Kier molecular flexibility index (Phi) is 4.84. The van der Waals surface area contributed by atoms with Crippen LogP contribution in [-0.4, -0.2) is 35.4 Å². The minimum Gasteiger partial charge on any atom is -0.360 e. The molecule has 0 saturated heterocycles. The van der Waals surface area contributed by atoms with Crippen molar-refractivity contribution >= 4 is 11.3 Å². The predicted octanol–water partition coefficient (Wildman–Crippen LogP) is 2.48. The van der Waals surface area contributed by atoms with Crippen molar-refractivity contribution in [2.75, 3.05) is 5.32 Å². The van der Waals surface area contributed by atoms with Crippen LogP contribution in [0.25, 0.3) is 17.0 Å². The normalized spacial score (nSPS) is 11.2. The molecule has 28 heavy (non-hydrogen) atoms. The number of allylic oxidation sites excluding steroid dienone is 1. The van der Waals surface area contributed by atoms with Gasteiger partial charge >= 0.3 is 0 Å². The molecular weight excluding hydrogens is 354 g/mol. The van der Waals surface area contributed by atoms with Crippen molar-refractivity contribution in [1.82, 2.24) is 35.4 Å². The zero-order chi connectivity index (χ0) is 19.2. The number of aromatic nitrogens is 7. The number of rotatable bonds is 6. The van der Waals surface area contributed by atoms with Gasteiger partial charge in [0.2, 0.25) is 5.82 Å². The van der Waals surface area contributed by atoms with E-state index in [-0.39, 0.29) is 11.4 Å². The molecule has 136 valence electrons. The highest BCUT2D eigenvalue weighted by Crippen LogP contribution is 2.21. The summed E-state index contributed by atoms with van der Waals surface area (Å²) in [5.74, 6) is 1.02. The molecule has 9 nitrogen and oxygen atoms in total. The van der Waals surface area contributed by atoms with Crippen LogP contribution in [0.15, 0.2) is 67.1 Å². The standard InChI is InChI=1S/C19H15N9/c20-10-16(18-23-26-27-24-18)11-21-17-8-6-15(7-9-17)19-25-22-13-28(19)12-14-4-2-1-3-5-14/h1-9,11,13,21H,12H2,(H,23,24,26,27). The van der Waals surface area contributed by atoms with E-state index in [1.807, 2.05) is 53.1 Å². The molecule has 2 heterocycles. The first kappa shape index (κ1) is 17.1. The summed E-state index contributed by atoms with van der Waals surface area (Å²) >= 11 is 0. The monoisotopic (exact) mass is 369 g/mol. The van der Waals surface area contributed by atoms with E-state index in [2.05, 4.69) is 48.3 Å². The quantitative estimate of drug-likeness (QED) is 0.501. The van der Waals surface area contributed by atoms with Gasteiger partial charge in [-0.1, -0.05) is 30.3 Å². The Hall–Kier alpha value is -4.32. The molecule has 0 aliphatic rings. The van der Waals surface area contributed by atoms with Crippen LogP contribution in [0.3, 0.4) is 0 Å². The highest BCUT2D eigenvalue weighted by molar-refractivity contribution is 5.74. The Morgan fingerprint density at radius 3 is 2.64 bits per heavy atom. The van der Waals surface area contributed by atoms with E-state index >= 15 is 0 Å². The van der Waals surface area contributed by atoms with E-state index in [0.717, 1.165) is 17.1 Å². The van der Waals surface area contributed by atoms with Gasteiger partial charge in [-0.15, -0.1) is 20.4 Å². The minimum atomic E-state index is 0.237. The van der Waals surface area contributed by atoms with Gasteiger partial charge in [0, 0.05) is 17.5 Å². The van der Waals surface area contributed by atoms with Crippen LogP contribution in [-0.2, 0) is 6.54 Å². The van der Waals surface area contributed by atoms with E-state index in [9.17, 15) is 5.26 Å². The Bertz CT molecular complexity index is 1100. The summed E-state index contributed by atoms with van der Waals surface area (Å²) < 4.78 is 2.00. The van der Waals surface area contributed by atoms with Gasteiger partial charge < -0.3 is 9.88 Å². The highest BCUT2D eigenvalue weighted by Gasteiger charge is 2.08. The maximum absolute atomic E-state index is 9.20. The number of aromatic amines is 1. The first-order valence-corrected chi connectivity index (χ1v) is 8.46. The lowest BCUT2D eigenvalue weighted by atomic mass is 10.1. The number of H-pyrrole nitrogens is 1. The molecular formula is C19H15N9. The number of hydrogen-bond acceptors (Lipinski definition) is 7. The summed E-state index contributed by atoms with van der Waals surface area (Å²) in [6.45, 7) is 0.697. The summed E-state index contributed by atoms with van der Waals surface area (Å²) in [5, 5.41) is 33.9. The zero-order valence-electron chi connectivity index (χ0n) is 14.7. The number of nitriles is 1. The lowest BCUT2D eigenvalue weighted by molar-refractivity contribution is 0.803. The fraction of sp³-hybridized carbons (Fsp3) is 0.0526. The molecule has 4 rings (SSSR count). The van der Waals surface area contributed by atoms with Gasteiger partial charge in [-0.05, 0) is 35.0 Å². The maximum atomic E-state index is 9.20. The third-order valence-electron chi connectivity index (χ3n) is 4.04. The largest absolute Gasteiger partial charge is 0.360 e. The lowest BCUT2D eigenvalue weighted by Crippen LogP contribution is -2.01. The van der Waals surface area contributed by atoms with Crippen LogP contribution in [0.4, 0.5) is 5.69 Å². The van der Waals surface area contributed by atoms with Crippen molar-refractivity contribution in [2.24, 2.45) is 0 Å². The van der Waals surface area contributed by atoms with E-state index in [0.29, 0.717) is 6.54 Å². The van der Waals surface area contributed by atoms with Gasteiger partial charge in [0.05, 0.1) is 6.54 Å². The number of anilines is 1. The molecule has 0 unspecified atom stereocenters. The Morgan fingerprint density at radius 2 is 1.93 bits per heavy atom. The third kappa shape index (κ3) is 3.76. The number of tetrazole rings is 1. The average molecular weight is 369 g/mol. The molecule has 0 atom stereocenters.